The van der Waals surface area contributed by atoms with Gasteiger partial charge in [0, 0.05) is 37.3 Å². The summed E-state index contributed by atoms with van der Waals surface area (Å²) in [5, 5.41) is 2.98. The molecule has 2 heterocycles. The molecule has 5 nitrogen and oxygen atoms in total. The number of benzene rings is 2. The van der Waals surface area contributed by atoms with Gasteiger partial charge in [-0.3, -0.25) is 9.59 Å². The molecule has 0 aliphatic carbocycles. The lowest BCUT2D eigenvalue weighted by atomic mass is 9.90. The van der Waals surface area contributed by atoms with Crippen LogP contribution >= 0.6 is 0 Å². The van der Waals surface area contributed by atoms with Gasteiger partial charge in [0.15, 0.2) is 0 Å². The number of carbonyl (C=O) groups is 2. The van der Waals surface area contributed by atoms with Crippen molar-refractivity contribution < 1.29 is 9.59 Å². The summed E-state index contributed by atoms with van der Waals surface area (Å²) >= 11 is 0. The molecule has 1 N–H and O–H groups in total. The largest absolute Gasteiger partial charge is 0.326 e. The average molecular weight is 406 g/mol. The Morgan fingerprint density at radius 1 is 0.967 bits per heavy atom. The maximum absolute atomic E-state index is 12.4. The van der Waals surface area contributed by atoms with Gasteiger partial charge in [0.2, 0.25) is 11.8 Å². The Morgan fingerprint density at radius 3 is 2.37 bits per heavy atom. The van der Waals surface area contributed by atoms with Crippen molar-refractivity contribution in [1.82, 2.24) is 4.90 Å². The summed E-state index contributed by atoms with van der Waals surface area (Å²) in [5.41, 5.74) is 3.13. The van der Waals surface area contributed by atoms with Gasteiger partial charge in [-0.1, -0.05) is 30.3 Å². The third-order valence-electron chi connectivity index (χ3n) is 6.27. The zero-order valence-corrected chi connectivity index (χ0v) is 17.6. The fourth-order valence-electron chi connectivity index (χ4n) is 4.49. The van der Waals surface area contributed by atoms with E-state index in [-0.39, 0.29) is 11.8 Å². The van der Waals surface area contributed by atoms with Crippen LogP contribution in [0.3, 0.4) is 0 Å². The number of nitrogens with one attached hydrogen (secondary N) is 1. The van der Waals surface area contributed by atoms with Crippen LogP contribution in [0.5, 0.6) is 0 Å². The summed E-state index contributed by atoms with van der Waals surface area (Å²) in [6.07, 6.45) is 5.62. The van der Waals surface area contributed by atoms with Crippen molar-refractivity contribution in [3.63, 3.8) is 0 Å². The Balaban J connectivity index is 1.17. The second-order valence-corrected chi connectivity index (χ2v) is 8.47. The second kappa shape index (κ2) is 9.90. The highest BCUT2D eigenvalue weighted by atomic mass is 16.2. The van der Waals surface area contributed by atoms with E-state index in [9.17, 15) is 9.59 Å². The van der Waals surface area contributed by atoms with E-state index in [2.05, 4.69) is 40.5 Å². The lowest BCUT2D eigenvalue weighted by molar-refractivity contribution is -0.117. The fourth-order valence-corrected chi connectivity index (χ4v) is 4.49. The Labute approximate surface area is 179 Å². The van der Waals surface area contributed by atoms with Crippen LogP contribution in [0.4, 0.5) is 11.4 Å². The third-order valence-corrected chi connectivity index (χ3v) is 6.27. The zero-order chi connectivity index (χ0) is 20.8. The molecule has 0 saturated carbocycles. The van der Waals surface area contributed by atoms with E-state index in [4.69, 9.17) is 0 Å². The molecule has 0 spiro atoms. The standard InChI is InChI=1S/C25H31N3O2/c29-24(26-22-8-10-23(11-9-22)28-15-4-7-25(28)30)14-18-27-16-12-21(13-17-27)19-20-5-2-1-3-6-20/h1-3,5-6,8-11,21H,4,7,12-19H2,(H,26,29). The van der Waals surface area contributed by atoms with E-state index >= 15 is 0 Å². The van der Waals surface area contributed by atoms with E-state index in [0.717, 1.165) is 56.3 Å². The number of nitrogens with zero attached hydrogens (tertiary/aromatic N) is 2. The lowest BCUT2D eigenvalue weighted by Gasteiger charge is -2.31. The Hall–Kier alpha value is -2.66. The number of piperidine rings is 1. The van der Waals surface area contributed by atoms with Gasteiger partial charge in [0.1, 0.15) is 0 Å². The molecular formula is C25H31N3O2. The molecule has 2 saturated heterocycles. The quantitative estimate of drug-likeness (QED) is 0.755. The van der Waals surface area contributed by atoms with Gasteiger partial charge in [-0.15, -0.1) is 0 Å². The topological polar surface area (TPSA) is 52.7 Å². The summed E-state index contributed by atoms with van der Waals surface area (Å²) in [6.45, 7) is 3.74. The van der Waals surface area contributed by atoms with Crippen LogP contribution in [-0.4, -0.2) is 42.9 Å². The predicted octanol–water partition coefficient (Wildman–Crippen LogP) is 4.10. The first-order chi connectivity index (χ1) is 14.7. The number of carbonyl (C=O) groups excluding carboxylic acids is 2. The first-order valence-corrected chi connectivity index (χ1v) is 11.1. The molecule has 2 amide bonds. The van der Waals surface area contributed by atoms with E-state index in [1.165, 1.54) is 18.4 Å². The molecule has 0 radical (unpaired) electrons. The normalized spacial score (nSPS) is 18.0. The first kappa shape index (κ1) is 20.6. The van der Waals surface area contributed by atoms with Gasteiger partial charge in [0.25, 0.3) is 0 Å². The van der Waals surface area contributed by atoms with Crippen molar-refractivity contribution in [2.75, 3.05) is 36.4 Å². The molecule has 2 aromatic carbocycles. The fraction of sp³-hybridized carbons (Fsp3) is 0.440. The van der Waals surface area contributed by atoms with E-state index in [1.807, 2.05) is 29.2 Å². The molecule has 2 fully saturated rings. The van der Waals surface area contributed by atoms with Crippen molar-refractivity contribution >= 4 is 23.2 Å². The smallest absolute Gasteiger partial charge is 0.227 e. The van der Waals surface area contributed by atoms with Gasteiger partial charge in [-0.25, -0.2) is 0 Å². The molecule has 158 valence electrons. The van der Waals surface area contributed by atoms with Crippen LogP contribution in [0.2, 0.25) is 0 Å². The molecule has 0 unspecified atom stereocenters. The minimum absolute atomic E-state index is 0.0476. The molecule has 0 aromatic heterocycles. The van der Waals surface area contributed by atoms with Gasteiger partial charge in [-0.2, -0.15) is 0 Å². The highest BCUT2D eigenvalue weighted by molar-refractivity contribution is 5.96. The molecule has 30 heavy (non-hydrogen) atoms. The van der Waals surface area contributed by atoms with Crippen LogP contribution in [0.1, 0.15) is 37.7 Å². The Morgan fingerprint density at radius 2 is 1.70 bits per heavy atom. The summed E-state index contributed by atoms with van der Waals surface area (Å²) in [4.78, 5) is 28.4. The second-order valence-electron chi connectivity index (χ2n) is 8.47. The molecular weight excluding hydrogens is 374 g/mol. The maximum Gasteiger partial charge on any atom is 0.227 e. The number of hydrogen-bond donors (Lipinski definition) is 1. The van der Waals surface area contributed by atoms with Crippen molar-refractivity contribution in [3.8, 4) is 0 Å². The number of amides is 2. The predicted molar refractivity (Wildman–Crippen MR) is 121 cm³/mol. The van der Waals surface area contributed by atoms with E-state index < -0.39 is 0 Å². The van der Waals surface area contributed by atoms with Crippen LogP contribution in [0.25, 0.3) is 0 Å². The van der Waals surface area contributed by atoms with E-state index in [1.54, 1.807) is 0 Å². The van der Waals surface area contributed by atoms with E-state index in [0.29, 0.717) is 12.8 Å². The van der Waals surface area contributed by atoms with Crippen molar-refractivity contribution in [2.45, 2.75) is 38.5 Å². The van der Waals surface area contributed by atoms with Gasteiger partial charge < -0.3 is 15.1 Å². The Kier molecular flexibility index (Phi) is 6.80. The van der Waals surface area contributed by atoms with Crippen molar-refractivity contribution in [1.29, 1.82) is 0 Å². The zero-order valence-electron chi connectivity index (χ0n) is 17.6. The molecule has 2 aliphatic heterocycles. The summed E-state index contributed by atoms with van der Waals surface area (Å²) in [5.74, 6) is 0.976. The molecule has 4 rings (SSSR count). The van der Waals surface area contributed by atoms with Crippen LogP contribution < -0.4 is 10.2 Å². The molecule has 0 bridgehead atoms. The lowest BCUT2D eigenvalue weighted by Crippen LogP contribution is -2.36. The molecule has 2 aromatic rings. The van der Waals surface area contributed by atoms with Crippen LogP contribution in [-0.2, 0) is 16.0 Å². The van der Waals surface area contributed by atoms with Crippen molar-refractivity contribution in [3.05, 3.63) is 60.2 Å². The molecule has 5 heteroatoms. The highest BCUT2D eigenvalue weighted by Crippen LogP contribution is 2.24. The third kappa shape index (κ3) is 5.48. The van der Waals surface area contributed by atoms with Crippen LogP contribution in [0.15, 0.2) is 54.6 Å². The van der Waals surface area contributed by atoms with Crippen LogP contribution in [0, 0.1) is 5.92 Å². The van der Waals surface area contributed by atoms with Gasteiger partial charge in [-0.05, 0) is 74.5 Å². The SMILES string of the molecule is O=C(CCN1CCC(Cc2ccccc2)CC1)Nc1ccc(N2CCCC2=O)cc1. The van der Waals surface area contributed by atoms with Crippen molar-refractivity contribution in [2.24, 2.45) is 5.92 Å². The Bertz CT molecular complexity index is 842. The highest BCUT2D eigenvalue weighted by Gasteiger charge is 2.22. The summed E-state index contributed by atoms with van der Waals surface area (Å²) in [7, 11) is 0. The monoisotopic (exact) mass is 405 g/mol. The number of anilines is 2. The van der Waals surface area contributed by atoms with Gasteiger partial charge in [0.05, 0.1) is 0 Å². The minimum Gasteiger partial charge on any atom is -0.326 e. The summed E-state index contributed by atoms with van der Waals surface area (Å²) < 4.78 is 0. The molecule has 2 aliphatic rings. The van der Waals surface area contributed by atoms with Gasteiger partial charge >= 0.3 is 0 Å². The average Bonchev–Trinajstić information content (AvgIpc) is 3.20. The number of likely N-dealkylation sites (tertiary alicyclic amines) is 1. The maximum atomic E-state index is 12.4. The molecule has 0 atom stereocenters. The first-order valence-electron chi connectivity index (χ1n) is 11.1. The number of hydrogen-bond acceptors (Lipinski definition) is 3. The summed E-state index contributed by atoms with van der Waals surface area (Å²) in [6, 6.07) is 18.3. The number of rotatable bonds is 7. The minimum atomic E-state index is 0.0476.